The molecule has 0 fully saturated rings. The third-order valence-electron chi connectivity index (χ3n) is 3.37. The maximum absolute atomic E-state index is 5.58. The highest BCUT2D eigenvalue weighted by atomic mass is 16.5. The molecule has 3 nitrogen and oxygen atoms in total. The van der Waals surface area contributed by atoms with Gasteiger partial charge in [0, 0.05) is 29.2 Å². The first-order valence-electron chi connectivity index (χ1n) is 6.52. The van der Waals surface area contributed by atoms with E-state index >= 15 is 0 Å². The molecule has 2 aromatic rings. The molecule has 0 bridgehead atoms. The second-order valence-electron chi connectivity index (χ2n) is 4.53. The van der Waals surface area contributed by atoms with Crippen LogP contribution >= 0.6 is 0 Å². The molecule has 3 rings (SSSR count). The third-order valence-corrected chi connectivity index (χ3v) is 3.37. The largest absolute Gasteiger partial charge is 0.494 e. The van der Waals surface area contributed by atoms with Gasteiger partial charge in [-0.2, -0.15) is 0 Å². The average molecular weight is 242 g/mol. The topological polar surface area (TPSA) is 37.0 Å². The number of nitrogens with one attached hydrogen (secondary N) is 2. The van der Waals surface area contributed by atoms with E-state index in [-0.39, 0.29) is 0 Å². The summed E-state index contributed by atoms with van der Waals surface area (Å²) in [5.41, 5.74) is 3.91. The Bertz CT molecular complexity index is 583. The van der Waals surface area contributed by atoms with Gasteiger partial charge in [-0.3, -0.25) is 0 Å². The molecule has 1 aliphatic rings. The number of aromatic amines is 1. The fourth-order valence-corrected chi connectivity index (χ4v) is 2.49. The third kappa shape index (κ3) is 2.02. The summed E-state index contributed by atoms with van der Waals surface area (Å²) < 4.78 is 5.58. The van der Waals surface area contributed by atoms with Crippen molar-refractivity contribution in [3.05, 3.63) is 36.0 Å². The Kier molecular flexibility index (Phi) is 3.07. The first-order valence-corrected chi connectivity index (χ1v) is 6.52. The van der Waals surface area contributed by atoms with Crippen molar-refractivity contribution in [2.24, 2.45) is 0 Å². The van der Waals surface area contributed by atoms with Gasteiger partial charge < -0.3 is 15.0 Å². The molecule has 1 aliphatic heterocycles. The normalized spacial score (nSPS) is 15.7. The minimum Gasteiger partial charge on any atom is -0.494 e. The predicted octanol–water partition coefficient (Wildman–Crippen LogP) is 2.94. The number of aromatic nitrogens is 1. The summed E-state index contributed by atoms with van der Waals surface area (Å²) in [7, 11) is 0. The van der Waals surface area contributed by atoms with E-state index in [9.17, 15) is 0 Å². The van der Waals surface area contributed by atoms with Crippen LogP contribution in [0.5, 0.6) is 5.75 Å². The van der Waals surface area contributed by atoms with Gasteiger partial charge in [-0.05, 0) is 43.7 Å². The Morgan fingerprint density at radius 3 is 3.06 bits per heavy atom. The van der Waals surface area contributed by atoms with Crippen molar-refractivity contribution in [2.45, 2.75) is 13.3 Å². The smallest absolute Gasteiger partial charge is 0.120 e. The fraction of sp³-hybridized carbons (Fsp3) is 0.333. The van der Waals surface area contributed by atoms with Crippen LogP contribution < -0.4 is 10.1 Å². The van der Waals surface area contributed by atoms with Crippen molar-refractivity contribution in [2.75, 3.05) is 19.7 Å². The lowest BCUT2D eigenvalue weighted by Gasteiger charge is -2.13. The van der Waals surface area contributed by atoms with Crippen LogP contribution in [0.15, 0.2) is 30.5 Å². The van der Waals surface area contributed by atoms with Gasteiger partial charge in [-0.15, -0.1) is 0 Å². The molecular formula is C15H18N2O. The lowest BCUT2D eigenvalue weighted by Crippen LogP contribution is -2.19. The fourth-order valence-electron chi connectivity index (χ4n) is 2.49. The highest BCUT2D eigenvalue weighted by Crippen LogP contribution is 2.30. The van der Waals surface area contributed by atoms with E-state index < -0.39 is 0 Å². The molecule has 3 heteroatoms. The van der Waals surface area contributed by atoms with E-state index in [1.807, 2.05) is 13.0 Å². The molecule has 0 atom stereocenters. The number of rotatable bonds is 3. The van der Waals surface area contributed by atoms with Crippen LogP contribution in [-0.2, 0) is 0 Å². The standard InChI is InChI=1S/C15H18N2O/c1-2-18-12-3-4-15-13(9-12)14(10-17-15)11-5-7-16-8-6-11/h3-5,9-10,16-17H,2,6-8H2,1H3. The van der Waals surface area contributed by atoms with E-state index in [4.69, 9.17) is 4.74 Å². The van der Waals surface area contributed by atoms with Gasteiger partial charge in [-0.25, -0.2) is 0 Å². The highest BCUT2D eigenvalue weighted by Gasteiger charge is 2.11. The molecule has 0 saturated carbocycles. The van der Waals surface area contributed by atoms with Crippen LogP contribution in [0.3, 0.4) is 0 Å². The van der Waals surface area contributed by atoms with Gasteiger partial charge >= 0.3 is 0 Å². The molecule has 0 saturated heterocycles. The second-order valence-corrected chi connectivity index (χ2v) is 4.53. The molecule has 18 heavy (non-hydrogen) atoms. The number of hydrogen-bond donors (Lipinski definition) is 2. The summed E-state index contributed by atoms with van der Waals surface area (Å²) in [5, 5.41) is 4.60. The van der Waals surface area contributed by atoms with Gasteiger partial charge in [0.15, 0.2) is 0 Å². The molecule has 0 spiro atoms. The summed E-state index contributed by atoms with van der Waals surface area (Å²) in [6.45, 7) is 4.74. The van der Waals surface area contributed by atoms with Gasteiger partial charge in [0.2, 0.25) is 0 Å². The monoisotopic (exact) mass is 242 g/mol. The number of fused-ring (bicyclic) bond motifs is 1. The van der Waals surface area contributed by atoms with Crippen molar-refractivity contribution in [3.63, 3.8) is 0 Å². The van der Waals surface area contributed by atoms with Crippen molar-refractivity contribution >= 4 is 16.5 Å². The van der Waals surface area contributed by atoms with E-state index in [2.05, 4.69) is 34.7 Å². The van der Waals surface area contributed by atoms with E-state index in [0.717, 1.165) is 25.3 Å². The van der Waals surface area contributed by atoms with Crippen LogP contribution in [0.4, 0.5) is 0 Å². The van der Waals surface area contributed by atoms with Crippen molar-refractivity contribution in [1.82, 2.24) is 10.3 Å². The zero-order valence-electron chi connectivity index (χ0n) is 10.6. The first-order chi connectivity index (χ1) is 8.88. The van der Waals surface area contributed by atoms with Gasteiger partial charge in [0.25, 0.3) is 0 Å². The summed E-state index contributed by atoms with van der Waals surface area (Å²) in [5.74, 6) is 0.945. The van der Waals surface area contributed by atoms with Crippen LogP contribution in [0, 0.1) is 0 Å². The lowest BCUT2D eigenvalue weighted by atomic mass is 10.00. The Balaban J connectivity index is 2.06. The lowest BCUT2D eigenvalue weighted by molar-refractivity contribution is 0.341. The molecule has 94 valence electrons. The van der Waals surface area contributed by atoms with Crippen LogP contribution in [0.2, 0.25) is 0 Å². The van der Waals surface area contributed by atoms with Gasteiger partial charge in [0.05, 0.1) is 6.61 Å². The Morgan fingerprint density at radius 2 is 2.28 bits per heavy atom. The molecule has 2 heterocycles. The molecule has 1 aromatic heterocycles. The second kappa shape index (κ2) is 4.86. The number of benzene rings is 1. The maximum atomic E-state index is 5.58. The molecule has 2 N–H and O–H groups in total. The SMILES string of the molecule is CCOc1ccc2[nH]cc(C3=CCNCC3)c2c1. The quantitative estimate of drug-likeness (QED) is 0.868. The van der Waals surface area contributed by atoms with Gasteiger partial charge in [-0.1, -0.05) is 6.08 Å². The summed E-state index contributed by atoms with van der Waals surface area (Å²) in [6, 6.07) is 6.24. The highest BCUT2D eigenvalue weighted by molar-refractivity contribution is 5.93. The minimum absolute atomic E-state index is 0.706. The van der Waals surface area contributed by atoms with Crippen molar-refractivity contribution in [3.8, 4) is 5.75 Å². The molecule has 0 amide bonds. The van der Waals surface area contributed by atoms with Crippen molar-refractivity contribution in [1.29, 1.82) is 0 Å². The molecule has 1 aromatic carbocycles. The minimum atomic E-state index is 0.706. The van der Waals surface area contributed by atoms with Gasteiger partial charge in [0.1, 0.15) is 5.75 Å². The van der Waals surface area contributed by atoms with E-state index in [1.54, 1.807) is 0 Å². The number of H-pyrrole nitrogens is 1. The Labute approximate surface area is 107 Å². The Hall–Kier alpha value is -1.74. The zero-order chi connectivity index (χ0) is 12.4. The molecular weight excluding hydrogens is 224 g/mol. The average Bonchev–Trinajstić information content (AvgIpc) is 2.83. The summed E-state index contributed by atoms with van der Waals surface area (Å²) >= 11 is 0. The summed E-state index contributed by atoms with van der Waals surface area (Å²) in [6.07, 6.45) is 5.48. The first kappa shape index (κ1) is 11.4. The zero-order valence-corrected chi connectivity index (χ0v) is 10.6. The summed E-state index contributed by atoms with van der Waals surface area (Å²) in [4.78, 5) is 3.34. The molecule has 0 aliphatic carbocycles. The van der Waals surface area contributed by atoms with Crippen LogP contribution in [-0.4, -0.2) is 24.7 Å². The molecule has 0 unspecified atom stereocenters. The van der Waals surface area contributed by atoms with E-state index in [0.29, 0.717) is 6.61 Å². The number of hydrogen-bond acceptors (Lipinski definition) is 2. The molecule has 0 radical (unpaired) electrons. The maximum Gasteiger partial charge on any atom is 0.120 e. The van der Waals surface area contributed by atoms with Crippen LogP contribution in [0.25, 0.3) is 16.5 Å². The van der Waals surface area contributed by atoms with Crippen LogP contribution in [0.1, 0.15) is 18.9 Å². The predicted molar refractivity (Wildman–Crippen MR) is 74.9 cm³/mol. The number of ether oxygens (including phenoxy) is 1. The van der Waals surface area contributed by atoms with Crippen molar-refractivity contribution < 1.29 is 4.74 Å². The Morgan fingerprint density at radius 1 is 1.33 bits per heavy atom. The van der Waals surface area contributed by atoms with E-state index in [1.165, 1.54) is 22.0 Å².